The third kappa shape index (κ3) is 5.96. The molecule has 0 amide bonds. The summed E-state index contributed by atoms with van der Waals surface area (Å²) in [5.74, 6) is 0. The zero-order valence-electron chi connectivity index (χ0n) is 8.02. The van der Waals surface area contributed by atoms with Crippen LogP contribution in [0.3, 0.4) is 0 Å². The Morgan fingerprint density at radius 2 is 1.64 bits per heavy atom. The van der Waals surface area contributed by atoms with E-state index in [1.165, 1.54) is 31.3 Å². The van der Waals surface area contributed by atoms with Gasteiger partial charge >= 0.3 is 0 Å². The highest BCUT2D eigenvalue weighted by Crippen LogP contribution is 2.11. The van der Waals surface area contributed by atoms with E-state index in [2.05, 4.69) is 13.8 Å². The van der Waals surface area contributed by atoms with Crippen LogP contribution in [-0.2, 0) is 4.74 Å². The summed E-state index contributed by atoms with van der Waals surface area (Å²) in [6.07, 6.45) is 6.76. The molecule has 1 heteroatoms. The van der Waals surface area contributed by atoms with Gasteiger partial charge in [0, 0.05) is 0 Å². The Morgan fingerprint density at radius 3 is 2.00 bits per heavy atom. The van der Waals surface area contributed by atoms with Crippen LogP contribution < -0.4 is 0 Å². The quantitative estimate of drug-likeness (QED) is 0.535. The standard InChI is InChI=1S/C10H20O/c1-4-7-10(8-5-2)9-11-6-3/h9H,4-8H2,1-3H3. The molecule has 0 aromatic carbocycles. The maximum Gasteiger partial charge on any atom is 0.0845 e. The first-order valence-electron chi connectivity index (χ1n) is 4.64. The van der Waals surface area contributed by atoms with E-state index in [4.69, 9.17) is 4.74 Å². The highest BCUT2D eigenvalue weighted by molar-refractivity contribution is 4.97. The van der Waals surface area contributed by atoms with Crippen molar-refractivity contribution in [1.29, 1.82) is 0 Å². The Balaban J connectivity index is 3.66. The van der Waals surface area contributed by atoms with Gasteiger partial charge in [-0.25, -0.2) is 0 Å². The van der Waals surface area contributed by atoms with E-state index in [0.717, 1.165) is 6.61 Å². The highest BCUT2D eigenvalue weighted by atomic mass is 16.5. The SMILES string of the molecule is CCCC(=COCC)CCC. The number of rotatable bonds is 6. The topological polar surface area (TPSA) is 9.23 Å². The summed E-state index contributed by atoms with van der Waals surface area (Å²) in [5.41, 5.74) is 1.46. The summed E-state index contributed by atoms with van der Waals surface area (Å²) < 4.78 is 5.24. The lowest BCUT2D eigenvalue weighted by Gasteiger charge is -2.03. The molecule has 0 radical (unpaired) electrons. The maximum atomic E-state index is 5.24. The van der Waals surface area contributed by atoms with E-state index in [-0.39, 0.29) is 0 Å². The summed E-state index contributed by atoms with van der Waals surface area (Å²) in [6.45, 7) is 7.22. The molecule has 66 valence electrons. The Hall–Kier alpha value is -0.460. The van der Waals surface area contributed by atoms with Crippen LogP contribution in [-0.4, -0.2) is 6.61 Å². The molecule has 0 aliphatic carbocycles. The van der Waals surface area contributed by atoms with Gasteiger partial charge in [0.15, 0.2) is 0 Å². The molecule has 0 aliphatic rings. The Labute approximate surface area is 70.4 Å². The maximum absolute atomic E-state index is 5.24. The van der Waals surface area contributed by atoms with Crippen molar-refractivity contribution in [3.63, 3.8) is 0 Å². The third-order valence-corrected chi connectivity index (χ3v) is 1.56. The van der Waals surface area contributed by atoms with Crippen molar-refractivity contribution in [2.75, 3.05) is 6.61 Å². The molecular formula is C10H20O. The average Bonchev–Trinajstić information content (AvgIpc) is 2.01. The number of ether oxygens (including phenoxy) is 1. The lowest BCUT2D eigenvalue weighted by atomic mass is 10.1. The number of hydrogen-bond donors (Lipinski definition) is 0. The van der Waals surface area contributed by atoms with Crippen LogP contribution in [0.5, 0.6) is 0 Å². The van der Waals surface area contributed by atoms with E-state index >= 15 is 0 Å². The molecule has 0 aromatic rings. The van der Waals surface area contributed by atoms with E-state index in [1.807, 2.05) is 13.2 Å². The molecule has 0 N–H and O–H groups in total. The summed E-state index contributed by atoms with van der Waals surface area (Å²) in [5, 5.41) is 0. The smallest absolute Gasteiger partial charge is 0.0845 e. The molecular weight excluding hydrogens is 136 g/mol. The molecule has 0 spiro atoms. The summed E-state index contributed by atoms with van der Waals surface area (Å²) in [4.78, 5) is 0. The fraction of sp³-hybridized carbons (Fsp3) is 0.800. The van der Waals surface area contributed by atoms with E-state index in [1.54, 1.807) is 0 Å². The Bertz CT molecular complexity index is 97.4. The van der Waals surface area contributed by atoms with Crippen LogP contribution in [0.1, 0.15) is 46.5 Å². The highest BCUT2D eigenvalue weighted by Gasteiger charge is 1.93. The molecule has 0 bridgehead atoms. The van der Waals surface area contributed by atoms with Crippen LogP contribution >= 0.6 is 0 Å². The minimum Gasteiger partial charge on any atom is -0.502 e. The van der Waals surface area contributed by atoms with Gasteiger partial charge in [-0.2, -0.15) is 0 Å². The van der Waals surface area contributed by atoms with E-state index in [0.29, 0.717) is 0 Å². The van der Waals surface area contributed by atoms with Crippen molar-refractivity contribution in [2.45, 2.75) is 46.5 Å². The van der Waals surface area contributed by atoms with Crippen molar-refractivity contribution >= 4 is 0 Å². The molecule has 0 fully saturated rings. The van der Waals surface area contributed by atoms with Crippen molar-refractivity contribution in [1.82, 2.24) is 0 Å². The lowest BCUT2D eigenvalue weighted by molar-refractivity contribution is 0.264. The van der Waals surface area contributed by atoms with E-state index in [9.17, 15) is 0 Å². The fourth-order valence-corrected chi connectivity index (χ4v) is 1.09. The third-order valence-electron chi connectivity index (χ3n) is 1.56. The predicted octanol–water partition coefficient (Wildman–Crippen LogP) is 3.51. The van der Waals surface area contributed by atoms with Gasteiger partial charge in [0.1, 0.15) is 0 Å². The van der Waals surface area contributed by atoms with Crippen LogP contribution in [0, 0.1) is 0 Å². The molecule has 0 saturated carbocycles. The molecule has 1 nitrogen and oxygen atoms in total. The predicted molar refractivity (Wildman–Crippen MR) is 49.5 cm³/mol. The summed E-state index contributed by atoms with van der Waals surface area (Å²) >= 11 is 0. The normalized spacial score (nSPS) is 9.36. The van der Waals surface area contributed by atoms with Gasteiger partial charge in [-0.3, -0.25) is 0 Å². The molecule has 0 aromatic heterocycles. The largest absolute Gasteiger partial charge is 0.502 e. The Morgan fingerprint density at radius 1 is 1.09 bits per heavy atom. The van der Waals surface area contributed by atoms with Gasteiger partial charge in [0.25, 0.3) is 0 Å². The zero-order chi connectivity index (χ0) is 8.53. The van der Waals surface area contributed by atoms with Gasteiger partial charge in [0.2, 0.25) is 0 Å². The second-order valence-corrected chi connectivity index (χ2v) is 2.73. The molecule has 11 heavy (non-hydrogen) atoms. The first kappa shape index (κ1) is 10.5. The van der Waals surface area contributed by atoms with Crippen LogP contribution in [0.15, 0.2) is 11.8 Å². The monoisotopic (exact) mass is 156 g/mol. The molecule has 0 atom stereocenters. The van der Waals surface area contributed by atoms with Crippen LogP contribution in [0.25, 0.3) is 0 Å². The lowest BCUT2D eigenvalue weighted by Crippen LogP contribution is -1.86. The number of allylic oxidation sites excluding steroid dienone is 1. The van der Waals surface area contributed by atoms with Gasteiger partial charge in [-0.15, -0.1) is 0 Å². The second kappa shape index (κ2) is 7.64. The molecule has 0 heterocycles. The fourth-order valence-electron chi connectivity index (χ4n) is 1.09. The molecule has 0 unspecified atom stereocenters. The summed E-state index contributed by atoms with van der Waals surface area (Å²) in [6, 6.07) is 0. The Kier molecular flexibility index (Phi) is 7.33. The summed E-state index contributed by atoms with van der Waals surface area (Å²) in [7, 11) is 0. The van der Waals surface area contributed by atoms with Crippen molar-refractivity contribution < 1.29 is 4.74 Å². The van der Waals surface area contributed by atoms with E-state index < -0.39 is 0 Å². The van der Waals surface area contributed by atoms with Gasteiger partial charge in [-0.1, -0.05) is 26.7 Å². The first-order valence-corrected chi connectivity index (χ1v) is 4.64. The minimum atomic E-state index is 0.789. The van der Waals surface area contributed by atoms with Gasteiger partial charge < -0.3 is 4.74 Å². The van der Waals surface area contributed by atoms with Crippen LogP contribution in [0.4, 0.5) is 0 Å². The van der Waals surface area contributed by atoms with Gasteiger partial charge in [0.05, 0.1) is 12.9 Å². The molecule has 0 rings (SSSR count). The zero-order valence-corrected chi connectivity index (χ0v) is 8.02. The first-order chi connectivity index (χ1) is 5.35. The van der Waals surface area contributed by atoms with Gasteiger partial charge in [-0.05, 0) is 25.3 Å². The van der Waals surface area contributed by atoms with Crippen LogP contribution in [0.2, 0.25) is 0 Å². The average molecular weight is 156 g/mol. The second-order valence-electron chi connectivity index (χ2n) is 2.73. The molecule has 0 saturated heterocycles. The van der Waals surface area contributed by atoms with Crippen molar-refractivity contribution in [2.24, 2.45) is 0 Å². The minimum absolute atomic E-state index is 0.789. The van der Waals surface area contributed by atoms with Crippen molar-refractivity contribution in [3.05, 3.63) is 11.8 Å². The molecule has 0 aliphatic heterocycles. The van der Waals surface area contributed by atoms with Crippen molar-refractivity contribution in [3.8, 4) is 0 Å². The number of hydrogen-bond acceptors (Lipinski definition) is 1.